The number of benzene rings is 1. The summed E-state index contributed by atoms with van der Waals surface area (Å²) in [5, 5.41) is 22.6. The second-order valence-corrected chi connectivity index (χ2v) is 5.66. The third kappa shape index (κ3) is 5.26. The van der Waals surface area contributed by atoms with Crippen LogP contribution in [0.25, 0.3) is 0 Å². The summed E-state index contributed by atoms with van der Waals surface area (Å²) in [4.78, 5) is 0. The number of ether oxygens (including phenoxy) is 1. The minimum Gasteiger partial charge on any atom is -0.491 e. The van der Waals surface area contributed by atoms with Crippen LogP contribution in [-0.2, 0) is 0 Å². The first-order valence-electron chi connectivity index (χ1n) is 7.59. The first-order chi connectivity index (χ1) is 10.2. The molecule has 0 amide bonds. The molecular weight excluding hydrogens is 273 g/mol. The number of nitrogens with one attached hydrogen (secondary N) is 1. The topological polar surface area (TPSA) is 61.7 Å². The van der Waals surface area contributed by atoms with E-state index in [0.29, 0.717) is 12.3 Å². The molecule has 118 valence electrons. The highest BCUT2D eigenvalue weighted by molar-refractivity contribution is 5.22. The van der Waals surface area contributed by atoms with Gasteiger partial charge in [0.1, 0.15) is 24.3 Å². The van der Waals surface area contributed by atoms with Crippen LogP contribution in [0.1, 0.15) is 25.7 Å². The van der Waals surface area contributed by atoms with Crippen molar-refractivity contribution in [1.29, 1.82) is 0 Å². The van der Waals surface area contributed by atoms with E-state index in [4.69, 9.17) is 4.74 Å². The van der Waals surface area contributed by atoms with Crippen molar-refractivity contribution >= 4 is 0 Å². The molecule has 2 rings (SSSR count). The summed E-state index contributed by atoms with van der Waals surface area (Å²) in [7, 11) is 0. The van der Waals surface area contributed by atoms with Crippen LogP contribution in [-0.4, -0.2) is 42.1 Å². The van der Waals surface area contributed by atoms with Crippen molar-refractivity contribution < 1.29 is 19.3 Å². The maximum absolute atomic E-state index is 12.7. The maximum Gasteiger partial charge on any atom is 0.123 e. The van der Waals surface area contributed by atoms with E-state index in [1.165, 1.54) is 18.6 Å². The smallest absolute Gasteiger partial charge is 0.123 e. The summed E-state index contributed by atoms with van der Waals surface area (Å²) >= 11 is 0. The molecule has 0 spiro atoms. The lowest BCUT2D eigenvalue weighted by atomic mass is 9.85. The van der Waals surface area contributed by atoms with Crippen LogP contribution in [0.5, 0.6) is 5.75 Å². The molecule has 0 bridgehead atoms. The number of aliphatic hydroxyl groups is 2. The van der Waals surface area contributed by atoms with E-state index in [-0.39, 0.29) is 31.0 Å². The number of halogens is 1. The van der Waals surface area contributed by atoms with Crippen molar-refractivity contribution in [1.82, 2.24) is 5.32 Å². The summed E-state index contributed by atoms with van der Waals surface area (Å²) in [6.45, 7) is 0.789. The zero-order valence-electron chi connectivity index (χ0n) is 12.2. The summed E-state index contributed by atoms with van der Waals surface area (Å²) < 4.78 is 18.2. The summed E-state index contributed by atoms with van der Waals surface area (Å²) in [6.07, 6.45) is 3.78. The molecule has 3 N–H and O–H groups in total. The van der Waals surface area contributed by atoms with Gasteiger partial charge < -0.3 is 20.3 Å². The molecule has 1 aliphatic carbocycles. The fourth-order valence-corrected chi connectivity index (χ4v) is 2.76. The Hall–Kier alpha value is -1.17. The van der Waals surface area contributed by atoms with Gasteiger partial charge in [-0.3, -0.25) is 0 Å². The Balaban J connectivity index is 1.69. The predicted octanol–water partition coefficient (Wildman–Crippen LogP) is 1.71. The van der Waals surface area contributed by atoms with Crippen molar-refractivity contribution in [3.05, 3.63) is 30.1 Å². The van der Waals surface area contributed by atoms with E-state index in [1.54, 1.807) is 12.1 Å². The average Bonchev–Trinajstić information content (AvgIpc) is 2.52. The molecule has 3 unspecified atom stereocenters. The highest BCUT2D eigenvalue weighted by Crippen LogP contribution is 2.23. The van der Waals surface area contributed by atoms with E-state index in [1.807, 2.05) is 0 Å². The van der Waals surface area contributed by atoms with Crippen LogP contribution < -0.4 is 10.1 Å². The van der Waals surface area contributed by atoms with Crippen LogP contribution in [0.15, 0.2) is 24.3 Å². The van der Waals surface area contributed by atoms with Crippen LogP contribution in [0.3, 0.4) is 0 Å². The zero-order valence-corrected chi connectivity index (χ0v) is 12.2. The van der Waals surface area contributed by atoms with Gasteiger partial charge in [0.25, 0.3) is 0 Å². The van der Waals surface area contributed by atoms with Crippen molar-refractivity contribution in [2.45, 2.75) is 37.8 Å². The Kier molecular flexibility index (Phi) is 6.42. The Morgan fingerprint density at radius 2 is 1.95 bits per heavy atom. The summed E-state index contributed by atoms with van der Waals surface area (Å²) in [6, 6.07) is 6.00. The van der Waals surface area contributed by atoms with Crippen molar-refractivity contribution in [2.24, 2.45) is 5.92 Å². The molecule has 3 atom stereocenters. The van der Waals surface area contributed by atoms with Gasteiger partial charge in [-0.25, -0.2) is 4.39 Å². The number of rotatable bonds is 7. The normalized spacial score (nSPS) is 23.8. The summed E-state index contributed by atoms with van der Waals surface area (Å²) in [5.74, 6) is 0.516. The van der Waals surface area contributed by atoms with E-state index in [2.05, 4.69) is 5.32 Å². The highest BCUT2D eigenvalue weighted by atomic mass is 19.1. The van der Waals surface area contributed by atoms with Gasteiger partial charge in [0, 0.05) is 19.2 Å². The molecule has 0 radical (unpaired) electrons. The average molecular weight is 297 g/mol. The maximum atomic E-state index is 12.7. The fraction of sp³-hybridized carbons (Fsp3) is 0.625. The van der Waals surface area contributed by atoms with Gasteiger partial charge in [-0.1, -0.05) is 12.8 Å². The molecule has 0 heterocycles. The van der Waals surface area contributed by atoms with E-state index in [0.717, 1.165) is 19.3 Å². The fourth-order valence-electron chi connectivity index (χ4n) is 2.76. The molecule has 1 aliphatic rings. The monoisotopic (exact) mass is 297 g/mol. The quantitative estimate of drug-likeness (QED) is 0.717. The SMILES string of the molecule is OCC1CCCCC1NCC(O)COc1ccc(F)cc1. The lowest BCUT2D eigenvalue weighted by Gasteiger charge is -2.31. The minimum absolute atomic E-state index is 0.162. The van der Waals surface area contributed by atoms with Crippen LogP contribution in [0.4, 0.5) is 4.39 Å². The van der Waals surface area contributed by atoms with Gasteiger partial charge in [-0.2, -0.15) is 0 Å². The molecule has 1 aromatic carbocycles. The molecule has 1 fully saturated rings. The molecule has 5 heteroatoms. The van der Waals surface area contributed by atoms with Gasteiger partial charge in [-0.15, -0.1) is 0 Å². The van der Waals surface area contributed by atoms with Crippen molar-refractivity contribution in [2.75, 3.05) is 19.8 Å². The third-order valence-electron chi connectivity index (χ3n) is 4.02. The summed E-state index contributed by atoms with van der Waals surface area (Å²) in [5.41, 5.74) is 0. The van der Waals surface area contributed by atoms with Crippen LogP contribution in [0, 0.1) is 11.7 Å². The lowest BCUT2D eigenvalue weighted by molar-refractivity contribution is 0.0906. The molecule has 1 saturated carbocycles. The lowest BCUT2D eigenvalue weighted by Crippen LogP contribution is -2.44. The Labute approximate surface area is 124 Å². The molecule has 0 aromatic heterocycles. The first kappa shape index (κ1) is 16.2. The van der Waals surface area contributed by atoms with E-state index in [9.17, 15) is 14.6 Å². The zero-order chi connectivity index (χ0) is 15.1. The number of hydrogen-bond acceptors (Lipinski definition) is 4. The third-order valence-corrected chi connectivity index (χ3v) is 4.02. The predicted molar refractivity (Wildman–Crippen MR) is 78.7 cm³/mol. The second kappa shape index (κ2) is 8.32. The molecule has 0 saturated heterocycles. The van der Waals surface area contributed by atoms with Crippen molar-refractivity contribution in [3.8, 4) is 5.75 Å². The van der Waals surface area contributed by atoms with E-state index < -0.39 is 6.10 Å². The molecule has 21 heavy (non-hydrogen) atoms. The van der Waals surface area contributed by atoms with Gasteiger partial charge in [-0.05, 0) is 43.0 Å². The van der Waals surface area contributed by atoms with Crippen molar-refractivity contribution in [3.63, 3.8) is 0 Å². The highest BCUT2D eigenvalue weighted by Gasteiger charge is 2.24. The largest absolute Gasteiger partial charge is 0.491 e. The number of hydrogen-bond donors (Lipinski definition) is 3. The van der Waals surface area contributed by atoms with E-state index >= 15 is 0 Å². The first-order valence-corrected chi connectivity index (χ1v) is 7.59. The standard InChI is InChI=1S/C16H24FNO3/c17-13-5-7-15(8-6-13)21-11-14(20)9-18-16-4-2-1-3-12(16)10-19/h5-8,12,14,16,18-20H,1-4,9-11H2. The molecule has 1 aromatic rings. The van der Waals surface area contributed by atoms with Gasteiger partial charge in [0.2, 0.25) is 0 Å². The van der Waals surface area contributed by atoms with Crippen LogP contribution >= 0.6 is 0 Å². The Bertz CT molecular complexity index is 412. The van der Waals surface area contributed by atoms with Crippen LogP contribution in [0.2, 0.25) is 0 Å². The second-order valence-electron chi connectivity index (χ2n) is 5.66. The Morgan fingerprint density at radius 3 is 2.67 bits per heavy atom. The molecule has 4 nitrogen and oxygen atoms in total. The van der Waals surface area contributed by atoms with Gasteiger partial charge in [0.05, 0.1) is 0 Å². The molecule has 0 aliphatic heterocycles. The van der Waals surface area contributed by atoms with Gasteiger partial charge >= 0.3 is 0 Å². The molecular formula is C16H24FNO3. The minimum atomic E-state index is -0.628. The number of aliphatic hydroxyl groups excluding tert-OH is 2. The van der Waals surface area contributed by atoms with Gasteiger partial charge in [0.15, 0.2) is 0 Å². The Morgan fingerprint density at radius 1 is 1.24 bits per heavy atom.